The maximum absolute atomic E-state index is 6.18. The Labute approximate surface area is 160 Å². The molecule has 4 aromatic rings. The molecule has 0 spiro atoms. The predicted octanol–water partition coefficient (Wildman–Crippen LogP) is 5.30. The molecular formula is C24H26N3+. The molecule has 27 heavy (non-hydrogen) atoms. The molecule has 4 rings (SSSR count). The average Bonchev–Trinajstić information content (AvgIpc) is 2.68. The molecule has 3 aromatic carbocycles. The molecule has 0 radical (unpaired) electrons. The van der Waals surface area contributed by atoms with Crippen molar-refractivity contribution in [3.63, 3.8) is 0 Å². The van der Waals surface area contributed by atoms with Gasteiger partial charge < -0.3 is 11.5 Å². The SMILES string of the molecule is CCCCC[n+]1c(-c2ccccc2)c2cc(N)ccc2c2ccc(N)cc21. The Bertz CT molecular complexity index is 1100. The second kappa shape index (κ2) is 7.28. The second-order valence-corrected chi connectivity index (χ2v) is 7.15. The highest BCUT2D eigenvalue weighted by molar-refractivity contribution is 6.10. The number of aryl methyl sites for hydroxylation is 1. The Balaban J connectivity index is 2.13. The van der Waals surface area contributed by atoms with E-state index in [9.17, 15) is 0 Å². The minimum Gasteiger partial charge on any atom is -0.399 e. The number of hydrogen-bond donors (Lipinski definition) is 2. The van der Waals surface area contributed by atoms with Gasteiger partial charge in [0, 0.05) is 34.8 Å². The van der Waals surface area contributed by atoms with E-state index >= 15 is 0 Å². The minimum atomic E-state index is 0.787. The second-order valence-electron chi connectivity index (χ2n) is 7.15. The maximum Gasteiger partial charge on any atom is 0.220 e. The molecule has 0 amide bonds. The third-order valence-corrected chi connectivity index (χ3v) is 5.20. The van der Waals surface area contributed by atoms with Gasteiger partial charge in [-0.05, 0) is 42.8 Å². The lowest BCUT2D eigenvalue weighted by molar-refractivity contribution is -0.659. The Morgan fingerprint density at radius 1 is 0.741 bits per heavy atom. The van der Waals surface area contributed by atoms with Crippen molar-refractivity contribution in [2.24, 2.45) is 0 Å². The number of rotatable bonds is 5. The standard InChI is InChI=1S/C24H25N3/c1-2-3-7-14-27-23-16-19(26)11-13-21(23)20-12-10-18(25)15-22(20)24(27)17-8-5-4-6-9-17/h4-6,8-13,15-16,26H,2-3,7,14,25H2,1H3/p+1. The maximum atomic E-state index is 6.18. The van der Waals surface area contributed by atoms with Gasteiger partial charge in [-0.15, -0.1) is 0 Å². The summed E-state index contributed by atoms with van der Waals surface area (Å²) in [6.07, 6.45) is 3.54. The molecule has 136 valence electrons. The van der Waals surface area contributed by atoms with E-state index in [0.717, 1.165) is 24.3 Å². The van der Waals surface area contributed by atoms with Crippen molar-refractivity contribution in [3.8, 4) is 11.3 Å². The van der Waals surface area contributed by atoms with Crippen molar-refractivity contribution < 1.29 is 4.57 Å². The lowest BCUT2D eigenvalue weighted by Gasteiger charge is -2.13. The largest absolute Gasteiger partial charge is 0.399 e. The Morgan fingerprint density at radius 3 is 2.19 bits per heavy atom. The van der Waals surface area contributed by atoms with Crippen LogP contribution in [-0.2, 0) is 6.54 Å². The van der Waals surface area contributed by atoms with Gasteiger partial charge in [-0.2, -0.15) is 4.57 Å². The predicted molar refractivity (Wildman–Crippen MR) is 115 cm³/mol. The smallest absolute Gasteiger partial charge is 0.220 e. The molecule has 0 bridgehead atoms. The van der Waals surface area contributed by atoms with Gasteiger partial charge in [-0.3, -0.25) is 0 Å². The molecule has 0 aliphatic carbocycles. The normalized spacial score (nSPS) is 11.3. The van der Waals surface area contributed by atoms with Crippen LogP contribution in [0.5, 0.6) is 0 Å². The number of pyridine rings is 1. The van der Waals surface area contributed by atoms with E-state index in [2.05, 4.69) is 66.1 Å². The highest BCUT2D eigenvalue weighted by Gasteiger charge is 2.23. The van der Waals surface area contributed by atoms with Crippen LogP contribution in [-0.4, -0.2) is 0 Å². The zero-order chi connectivity index (χ0) is 18.8. The van der Waals surface area contributed by atoms with E-state index < -0.39 is 0 Å². The van der Waals surface area contributed by atoms with E-state index in [1.165, 1.54) is 45.8 Å². The fraction of sp³-hybridized carbons (Fsp3) is 0.208. The first kappa shape index (κ1) is 17.3. The average molecular weight is 356 g/mol. The number of hydrogen-bond acceptors (Lipinski definition) is 2. The van der Waals surface area contributed by atoms with Gasteiger partial charge in [0.2, 0.25) is 11.2 Å². The Hall–Kier alpha value is -3.07. The number of nitrogens with two attached hydrogens (primary N) is 2. The summed E-state index contributed by atoms with van der Waals surface area (Å²) in [7, 11) is 0. The molecule has 0 fully saturated rings. The quantitative estimate of drug-likeness (QED) is 0.221. The molecule has 0 saturated heterocycles. The lowest BCUT2D eigenvalue weighted by Crippen LogP contribution is -2.37. The fourth-order valence-corrected chi connectivity index (χ4v) is 3.92. The van der Waals surface area contributed by atoms with Gasteiger partial charge in [0.25, 0.3) is 0 Å². The number of nitrogen functional groups attached to an aromatic ring is 2. The summed E-state index contributed by atoms with van der Waals surface area (Å²) in [4.78, 5) is 0. The molecule has 1 aromatic heterocycles. The van der Waals surface area contributed by atoms with Crippen LogP contribution >= 0.6 is 0 Å². The van der Waals surface area contributed by atoms with Crippen molar-refractivity contribution in [3.05, 3.63) is 66.7 Å². The number of aromatic nitrogens is 1. The molecule has 0 unspecified atom stereocenters. The Morgan fingerprint density at radius 2 is 1.44 bits per heavy atom. The lowest BCUT2D eigenvalue weighted by atomic mass is 9.98. The fourth-order valence-electron chi connectivity index (χ4n) is 3.92. The van der Waals surface area contributed by atoms with Crippen LogP contribution in [0.4, 0.5) is 11.4 Å². The van der Waals surface area contributed by atoms with Crippen molar-refractivity contribution >= 4 is 33.1 Å². The Kier molecular flexibility index (Phi) is 4.68. The summed E-state index contributed by atoms with van der Waals surface area (Å²) in [6.45, 7) is 3.20. The number of unbranched alkanes of at least 4 members (excludes halogenated alkanes) is 2. The molecule has 3 heteroatoms. The number of anilines is 2. The zero-order valence-corrected chi connectivity index (χ0v) is 15.8. The van der Waals surface area contributed by atoms with Crippen LogP contribution in [0.1, 0.15) is 26.2 Å². The van der Waals surface area contributed by atoms with Crippen LogP contribution in [0.2, 0.25) is 0 Å². The van der Waals surface area contributed by atoms with Crippen molar-refractivity contribution in [2.75, 3.05) is 11.5 Å². The number of nitrogens with zero attached hydrogens (tertiary/aromatic N) is 1. The van der Waals surface area contributed by atoms with Crippen LogP contribution in [0.3, 0.4) is 0 Å². The molecule has 3 nitrogen and oxygen atoms in total. The summed E-state index contributed by atoms with van der Waals surface area (Å²) in [5, 5.41) is 3.62. The molecule has 0 aliphatic heterocycles. The monoisotopic (exact) mass is 356 g/mol. The minimum absolute atomic E-state index is 0.787. The molecule has 0 aliphatic rings. The van der Waals surface area contributed by atoms with Crippen LogP contribution in [0.15, 0.2) is 66.7 Å². The molecule has 1 heterocycles. The first-order valence-corrected chi connectivity index (χ1v) is 9.68. The van der Waals surface area contributed by atoms with Gasteiger partial charge in [0.1, 0.15) is 6.54 Å². The van der Waals surface area contributed by atoms with Crippen LogP contribution in [0, 0.1) is 0 Å². The third kappa shape index (κ3) is 3.21. The van der Waals surface area contributed by atoms with E-state index in [-0.39, 0.29) is 0 Å². The summed E-state index contributed by atoms with van der Waals surface area (Å²) in [5.41, 5.74) is 17.5. The van der Waals surface area contributed by atoms with E-state index in [0.29, 0.717) is 0 Å². The molecule has 0 atom stereocenters. The van der Waals surface area contributed by atoms with Gasteiger partial charge in [-0.25, -0.2) is 0 Å². The highest BCUT2D eigenvalue weighted by atomic mass is 15.0. The first-order valence-electron chi connectivity index (χ1n) is 9.68. The summed E-state index contributed by atoms with van der Waals surface area (Å²) >= 11 is 0. The van der Waals surface area contributed by atoms with Crippen molar-refractivity contribution in [2.45, 2.75) is 32.7 Å². The zero-order valence-electron chi connectivity index (χ0n) is 15.8. The number of fused-ring (bicyclic) bond motifs is 3. The van der Waals surface area contributed by atoms with E-state index in [4.69, 9.17) is 11.5 Å². The van der Waals surface area contributed by atoms with Gasteiger partial charge >= 0.3 is 0 Å². The summed E-state index contributed by atoms with van der Waals surface area (Å²) in [6, 6.07) is 23.0. The summed E-state index contributed by atoms with van der Waals surface area (Å²) < 4.78 is 2.43. The molecule has 4 N–H and O–H groups in total. The van der Waals surface area contributed by atoms with Gasteiger partial charge in [-0.1, -0.05) is 37.6 Å². The first-order chi connectivity index (χ1) is 13.2. The van der Waals surface area contributed by atoms with Gasteiger partial charge in [0.05, 0.1) is 10.8 Å². The van der Waals surface area contributed by atoms with E-state index in [1.54, 1.807) is 0 Å². The van der Waals surface area contributed by atoms with Crippen LogP contribution in [0.25, 0.3) is 32.9 Å². The van der Waals surface area contributed by atoms with E-state index in [1.807, 2.05) is 12.1 Å². The number of benzene rings is 3. The van der Waals surface area contributed by atoms with Crippen molar-refractivity contribution in [1.82, 2.24) is 0 Å². The highest BCUT2D eigenvalue weighted by Crippen LogP contribution is 2.33. The molecular weight excluding hydrogens is 330 g/mol. The topological polar surface area (TPSA) is 55.9 Å². The van der Waals surface area contributed by atoms with Crippen molar-refractivity contribution in [1.29, 1.82) is 0 Å². The van der Waals surface area contributed by atoms with Crippen LogP contribution < -0.4 is 16.0 Å². The summed E-state index contributed by atoms with van der Waals surface area (Å²) in [5.74, 6) is 0. The van der Waals surface area contributed by atoms with Gasteiger partial charge in [0.15, 0.2) is 0 Å². The third-order valence-electron chi connectivity index (χ3n) is 5.20. The molecule has 0 saturated carbocycles.